The molecule has 0 saturated heterocycles. The van der Waals surface area contributed by atoms with Gasteiger partial charge in [0.1, 0.15) is 5.76 Å². The minimum atomic E-state index is 0.694. The predicted octanol–water partition coefficient (Wildman–Crippen LogP) is 3.34. The van der Waals surface area contributed by atoms with Gasteiger partial charge in [-0.05, 0) is 52.4 Å². The van der Waals surface area contributed by atoms with E-state index in [1.54, 1.807) is 18.7 Å². The molecule has 0 N–H and O–H groups in total. The second-order valence-electron chi connectivity index (χ2n) is 3.06. The zero-order chi connectivity index (χ0) is 11.2. The first-order valence-corrected chi connectivity index (χ1v) is 5.78. The Labute approximate surface area is 107 Å². The van der Waals surface area contributed by atoms with Gasteiger partial charge in [-0.2, -0.15) is 10.2 Å². The van der Waals surface area contributed by atoms with E-state index in [0.29, 0.717) is 5.76 Å². The highest BCUT2D eigenvalue weighted by molar-refractivity contribution is 14.1. The summed E-state index contributed by atoms with van der Waals surface area (Å²) in [6.45, 7) is 0. The Morgan fingerprint density at radius 2 is 1.94 bits per heavy atom. The summed E-state index contributed by atoms with van der Waals surface area (Å²) in [6.07, 6.45) is 4.89. The summed E-state index contributed by atoms with van der Waals surface area (Å²) in [5.74, 6) is 0.694. The largest absolute Gasteiger partial charge is 0.463 e. The molecule has 0 aliphatic heterocycles. The van der Waals surface area contributed by atoms with Crippen molar-refractivity contribution in [3.05, 3.63) is 57.6 Å². The maximum atomic E-state index is 5.08. The lowest BCUT2D eigenvalue weighted by molar-refractivity contribution is 0.560. The molecule has 0 aliphatic rings. The molecular weight excluding hydrogens is 315 g/mol. The molecule has 16 heavy (non-hydrogen) atoms. The molecule has 0 aliphatic carbocycles. The first kappa shape index (κ1) is 11.1. The zero-order valence-electron chi connectivity index (χ0n) is 8.38. The van der Waals surface area contributed by atoms with Crippen molar-refractivity contribution in [2.45, 2.75) is 0 Å². The van der Waals surface area contributed by atoms with Crippen LogP contribution in [0.3, 0.4) is 0 Å². The van der Waals surface area contributed by atoms with Crippen molar-refractivity contribution < 1.29 is 4.42 Å². The summed E-state index contributed by atoms with van der Waals surface area (Å²) >= 11 is 2.26. The third-order valence-corrected chi connectivity index (χ3v) is 2.52. The Bertz CT molecular complexity index is 503. The van der Waals surface area contributed by atoms with Gasteiger partial charge in [-0.25, -0.2) is 0 Å². The Kier molecular flexibility index (Phi) is 3.87. The SMILES string of the molecule is Ic1cccc(/C=N/N=C/c2ccco2)c1. The summed E-state index contributed by atoms with van der Waals surface area (Å²) in [6, 6.07) is 11.7. The number of furan rings is 1. The molecule has 2 aromatic rings. The third kappa shape index (κ3) is 3.30. The Morgan fingerprint density at radius 3 is 2.69 bits per heavy atom. The van der Waals surface area contributed by atoms with Gasteiger partial charge in [0, 0.05) is 3.57 Å². The van der Waals surface area contributed by atoms with Gasteiger partial charge in [-0.15, -0.1) is 0 Å². The molecule has 0 bridgehead atoms. The van der Waals surface area contributed by atoms with E-state index < -0.39 is 0 Å². The second kappa shape index (κ2) is 5.60. The van der Waals surface area contributed by atoms with Gasteiger partial charge in [0.05, 0.1) is 18.7 Å². The van der Waals surface area contributed by atoms with Gasteiger partial charge in [-0.3, -0.25) is 0 Å². The number of nitrogens with zero attached hydrogens (tertiary/aromatic N) is 2. The monoisotopic (exact) mass is 324 g/mol. The minimum absolute atomic E-state index is 0.694. The molecule has 0 spiro atoms. The van der Waals surface area contributed by atoms with Crippen LogP contribution in [0.2, 0.25) is 0 Å². The fraction of sp³-hybridized carbons (Fsp3) is 0. The Balaban J connectivity index is 2.00. The summed E-state index contributed by atoms with van der Waals surface area (Å²) in [4.78, 5) is 0. The summed E-state index contributed by atoms with van der Waals surface area (Å²) in [5, 5.41) is 7.83. The van der Waals surface area contributed by atoms with Crippen molar-refractivity contribution in [2.75, 3.05) is 0 Å². The average molecular weight is 324 g/mol. The maximum absolute atomic E-state index is 5.08. The first-order valence-electron chi connectivity index (χ1n) is 4.70. The van der Waals surface area contributed by atoms with Gasteiger partial charge >= 0.3 is 0 Å². The molecule has 0 radical (unpaired) electrons. The van der Waals surface area contributed by atoms with Crippen LogP contribution in [0.1, 0.15) is 11.3 Å². The van der Waals surface area contributed by atoms with Crippen molar-refractivity contribution in [2.24, 2.45) is 10.2 Å². The third-order valence-electron chi connectivity index (χ3n) is 1.85. The highest BCUT2D eigenvalue weighted by Crippen LogP contribution is 2.05. The van der Waals surface area contributed by atoms with E-state index in [9.17, 15) is 0 Å². The lowest BCUT2D eigenvalue weighted by atomic mass is 10.2. The van der Waals surface area contributed by atoms with Gasteiger partial charge in [0.15, 0.2) is 0 Å². The molecule has 80 valence electrons. The smallest absolute Gasteiger partial charge is 0.146 e. The molecule has 0 amide bonds. The Hall–Kier alpha value is -1.43. The number of hydrogen-bond donors (Lipinski definition) is 0. The van der Waals surface area contributed by atoms with Crippen LogP contribution in [0.4, 0.5) is 0 Å². The molecule has 3 nitrogen and oxygen atoms in total. The van der Waals surface area contributed by atoms with Crippen molar-refractivity contribution in [1.29, 1.82) is 0 Å². The van der Waals surface area contributed by atoms with E-state index in [2.05, 4.69) is 32.8 Å². The van der Waals surface area contributed by atoms with Gasteiger partial charge in [0.2, 0.25) is 0 Å². The average Bonchev–Trinajstić information content (AvgIpc) is 2.77. The first-order chi connectivity index (χ1) is 7.84. The van der Waals surface area contributed by atoms with E-state index in [0.717, 1.165) is 5.56 Å². The van der Waals surface area contributed by atoms with Crippen LogP contribution in [-0.4, -0.2) is 12.4 Å². The minimum Gasteiger partial charge on any atom is -0.463 e. The van der Waals surface area contributed by atoms with Crippen molar-refractivity contribution in [3.8, 4) is 0 Å². The van der Waals surface area contributed by atoms with Crippen LogP contribution >= 0.6 is 22.6 Å². The molecule has 2 rings (SSSR count). The topological polar surface area (TPSA) is 37.9 Å². The van der Waals surface area contributed by atoms with Crippen LogP contribution in [0, 0.1) is 3.57 Å². The molecule has 0 saturated carbocycles. The normalized spacial score (nSPS) is 11.6. The molecule has 1 aromatic carbocycles. The van der Waals surface area contributed by atoms with Crippen molar-refractivity contribution in [1.82, 2.24) is 0 Å². The zero-order valence-corrected chi connectivity index (χ0v) is 10.5. The highest BCUT2D eigenvalue weighted by atomic mass is 127. The Morgan fingerprint density at radius 1 is 1.06 bits per heavy atom. The van der Waals surface area contributed by atoms with E-state index in [1.165, 1.54) is 3.57 Å². The van der Waals surface area contributed by atoms with Crippen LogP contribution < -0.4 is 0 Å². The molecule has 1 heterocycles. The van der Waals surface area contributed by atoms with Gasteiger partial charge in [-0.1, -0.05) is 12.1 Å². The summed E-state index contributed by atoms with van der Waals surface area (Å²) in [5.41, 5.74) is 1.03. The quantitative estimate of drug-likeness (QED) is 0.485. The maximum Gasteiger partial charge on any atom is 0.146 e. The van der Waals surface area contributed by atoms with Crippen LogP contribution in [0.5, 0.6) is 0 Å². The summed E-state index contributed by atoms with van der Waals surface area (Å²) < 4.78 is 6.26. The van der Waals surface area contributed by atoms with Crippen LogP contribution in [0.25, 0.3) is 0 Å². The lowest BCUT2D eigenvalue weighted by Crippen LogP contribution is -1.81. The number of rotatable bonds is 3. The van der Waals surface area contributed by atoms with Gasteiger partial charge in [0.25, 0.3) is 0 Å². The van der Waals surface area contributed by atoms with Crippen molar-refractivity contribution >= 4 is 35.0 Å². The van der Waals surface area contributed by atoms with Crippen LogP contribution in [-0.2, 0) is 0 Å². The number of benzene rings is 1. The van der Waals surface area contributed by atoms with E-state index in [-0.39, 0.29) is 0 Å². The molecule has 0 atom stereocenters. The number of halogens is 1. The fourth-order valence-electron chi connectivity index (χ4n) is 1.14. The fourth-order valence-corrected chi connectivity index (χ4v) is 1.71. The standard InChI is InChI=1S/C12H9IN2O/c13-11-4-1-3-10(7-11)8-14-15-9-12-5-2-6-16-12/h1-9H/b14-8+,15-9+. The molecule has 1 aromatic heterocycles. The highest BCUT2D eigenvalue weighted by Gasteiger charge is 1.89. The summed E-state index contributed by atoms with van der Waals surface area (Å²) in [7, 11) is 0. The lowest BCUT2D eigenvalue weighted by Gasteiger charge is -1.91. The van der Waals surface area contributed by atoms with E-state index >= 15 is 0 Å². The van der Waals surface area contributed by atoms with Crippen LogP contribution in [0.15, 0.2) is 57.3 Å². The molecule has 0 fully saturated rings. The molecule has 0 unspecified atom stereocenters. The van der Waals surface area contributed by atoms with Crippen molar-refractivity contribution in [3.63, 3.8) is 0 Å². The van der Waals surface area contributed by atoms with E-state index in [1.807, 2.05) is 36.4 Å². The predicted molar refractivity (Wildman–Crippen MR) is 73.1 cm³/mol. The number of hydrogen-bond acceptors (Lipinski definition) is 3. The molecular formula is C12H9IN2O. The van der Waals surface area contributed by atoms with E-state index in [4.69, 9.17) is 4.42 Å². The van der Waals surface area contributed by atoms with Gasteiger partial charge < -0.3 is 4.42 Å². The molecule has 4 heteroatoms. The second-order valence-corrected chi connectivity index (χ2v) is 4.31.